The lowest BCUT2D eigenvalue weighted by Gasteiger charge is -2.12. The Balaban J connectivity index is 1.96. The van der Waals surface area contributed by atoms with E-state index in [9.17, 15) is 9.90 Å². The van der Waals surface area contributed by atoms with Crippen molar-refractivity contribution < 1.29 is 14.6 Å². The third-order valence-corrected chi connectivity index (χ3v) is 2.99. The minimum atomic E-state index is -0.177. The Morgan fingerprint density at radius 1 is 1.33 bits per heavy atom. The number of carbonyl (C=O) groups excluding carboxylic acids is 1. The van der Waals surface area contributed by atoms with Gasteiger partial charge in [-0.2, -0.15) is 0 Å². The highest BCUT2D eigenvalue weighted by Crippen LogP contribution is 2.36. The molecular weight excluding hydrogens is 156 g/mol. The van der Waals surface area contributed by atoms with Crippen LogP contribution in [0.2, 0.25) is 0 Å². The SMILES string of the molecule is O=C1OCCC1C1CCC(O)C1. The van der Waals surface area contributed by atoms with Crippen LogP contribution in [-0.2, 0) is 9.53 Å². The molecule has 0 aromatic heterocycles. The zero-order valence-electron chi connectivity index (χ0n) is 7.03. The van der Waals surface area contributed by atoms with Crippen LogP contribution < -0.4 is 0 Å². The van der Waals surface area contributed by atoms with Crippen LogP contribution in [0.1, 0.15) is 25.7 Å². The molecule has 0 aromatic carbocycles. The van der Waals surface area contributed by atoms with Crippen molar-refractivity contribution in [1.82, 2.24) is 0 Å². The zero-order chi connectivity index (χ0) is 8.55. The van der Waals surface area contributed by atoms with Gasteiger partial charge in [-0.05, 0) is 31.6 Å². The first-order chi connectivity index (χ1) is 5.77. The van der Waals surface area contributed by atoms with Gasteiger partial charge in [-0.25, -0.2) is 0 Å². The molecule has 2 rings (SSSR count). The molecule has 0 spiro atoms. The van der Waals surface area contributed by atoms with Crippen molar-refractivity contribution in [2.75, 3.05) is 6.61 Å². The lowest BCUT2D eigenvalue weighted by Crippen LogP contribution is -2.17. The number of aliphatic hydroxyl groups is 1. The molecule has 3 nitrogen and oxygen atoms in total. The summed E-state index contributed by atoms with van der Waals surface area (Å²) in [6.07, 6.45) is 3.31. The Bertz CT molecular complexity index is 190. The molecule has 1 saturated carbocycles. The van der Waals surface area contributed by atoms with Gasteiger partial charge >= 0.3 is 5.97 Å². The highest BCUT2D eigenvalue weighted by Gasteiger charge is 2.37. The second kappa shape index (κ2) is 3.05. The smallest absolute Gasteiger partial charge is 0.309 e. The maximum Gasteiger partial charge on any atom is 0.309 e. The van der Waals surface area contributed by atoms with Crippen LogP contribution in [0.25, 0.3) is 0 Å². The average molecular weight is 170 g/mol. The second-order valence-electron chi connectivity index (χ2n) is 3.79. The first-order valence-electron chi connectivity index (χ1n) is 4.62. The normalized spacial score (nSPS) is 41.8. The lowest BCUT2D eigenvalue weighted by atomic mass is 9.90. The van der Waals surface area contributed by atoms with E-state index in [2.05, 4.69) is 0 Å². The van der Waals surface area contributed by atoms with Gasteiger partial charge in [0, 0.05) is 0 Å². The standard InChI is InChI=1S/C9H14O3/c10-7-2-1-6(5-7)8-3-4-12-9(8)11/h6-8,10H,1-5H2. The number of cyclic esters (lactones) is 1. The molecule has 1 N–H and O–H groups in total. The molecule has 2 fully saturated rings. The number of ether oxygens (including phenoxy) is 1. The van der Waals surface area contributed by atoms with E-state index in [-0.39, 0.29) is 18.0 Å². The highest BCUT2D eigenvalue weighted by atomic mass is 16.5. The third-order valence-electron chi connectivity index (χ3n) is 2.99. The van der Waals surface area contributed by atoms with E-state index in [4.69, 9.17) is 4.74 Å². The van der Waals surface area contributed by atoms with Gasteiger partial charge in [0.1, 0.15) is 0 Å². The molecular formula is C9H14O3. The molecule has 0 amide bonds. The number of rotatable bonds is 1. The Morgan fingerprint density at radius 3 is 2.67 bits per heavy atom. The van der Waals surface area contributed by atoms with Crippen molar-refractivity contribution in [3.8, 4) is 0 Å². The molecule has 3 heteroatoms. The quantitative estimate of drug-likeness (QED) is 0.589. The minimum absolute atomic E-state index is 0.0471. The second-order valence-corrected chi connectivity index (χ2v) is 3.79. The first kappa shape index (κ1) is 8.05. The Hall–Kier alpha value is -0.570. The molecule has 1 saturated heterocycles. The minimum Gasteiger partial charge on any atom is -0.465 e. The van der Waals surface area contributed by atoms with Crippen molar-refractivity contribution in [2.24, 2.45) is 11.8 Å². The summed E-state index contributed by atoms with van der Waals surface area (Å²) in [6, 6.07) is 0. The van der Waals surface area contributed by atoms with Crippen molar-refractivity contribution in [3.05, 3.63) is 0 Å². The average Bonchev–Trinajstić information content (AvgIpc) is 2.58. The topological polar surface area (TPSA) is 46.5 Å². The summed E-state index contributed by atoms with van der Waals surface area (Å²) in [5, 5.41) is 9.29. The number of hydrogen-bond donors (Lipinski definition) is 1. The summed E-state index contributed by atoms with van der Waals surface area (Å²) in [4.78, 5) is 11.2. The van der Waals surface area contributed by atoms with Gasteiger partial charge in [-0.15, -0.1) is 0 Å². The Morgan fingerprint density at radius 2 is 2.17 bits per heavy atom. The fourth-order valence-corrected chi connectivity index (χ4v) is 2.30. The molecule has 3 unspecified atom stereocenters. The van der Waals surface area contributed by atoms with Crippen LogP contribution in [-0.4, -0.2) is 23.8 Å². The van der Waals surface area contributed by atoms with E-state index >= 15 is 0 Å². The lowest BCUT2D eigenvalue weighted by molar-refractivity contribution is -0.142. The number of hydrogen-bond acceptors (Lipinski definition) is 3. The van der Waals surface area contributed by atoms with Gasteiger partial charge in [0.25, 0.3) is 0 Å². The van der Waals surface area contributed by atoms with Crippen LogP contribution in [0.4, 0.5) is 0 Å². The number of carbonyl (C=O) groups is 1. The number of aliphatic hydroxyl groups excluding tert-OH is 1. The molecule has 1 heterocycles. The molecule has 0 aromatic rings. The van der Waals surface area contributed by atoms with E-state index in [1.165, 1.54) is 0 Å². The van der Waals surface area contributed by atoms with E-state index in [1.807, 2.05) is 0 Å². The van der Waals surface area contributed by atoms with E-state index in [1.54, 1.807) is 0 Å². The monoisotopic (exact) mass is 170 g/mol. The molecule has 68 valence electrons. The van der Waals surface area contributed by atoms with Crippen LogP contribution in [0.5, 0.6) is 0 Å². The van der Waals surface area contributed by atoms with E-state index < -0.39 is 0 Å². The fourth-order valence-electron chi connectivity index (χ4n) is 2.30. The Labute approximate surface area is 71.7 Å². The van der Waals surface area contributed by atoms with Gasteiger partial charge in [0.2, 0.25) is 0 Å². The molecule has 1 aliphatic heterocycles. The maximum absolute atomic E-state index is 11.2. The summed E-state index contributed by atoms with van der Waals surface area (Å²) < 4.78 is 4.89. The van der Waals surface area contributed by atoms with Crippen LogP contribution in [0.15, 0.2) is 0 Å². The summed E-state index contributed by atoms with van der Waals surface area (Å²) in [6.45, 7) is 0.579. The molecule has 2 aliphatic rings. The van der Waals surface area contributed by atoms with Gasteiger partial charge in [0.15, 0.2) is 0 Å². The fraction of sp³-hybridized carbons (Fsp3) is 0.889. The molecule has 12 heavy (non-hydrogen) atoms. The van der Waals surface area contributed by atoms with Crippen molar-refractivity contribution >= 4 is 5.97 Å². The molecule has 1 aliphatic carbocycles. The summed E-state index contributed by atoms with van der Waals surface area (Å²) in [5.41, 5.74) is 0. The van der Waals surface area contributed by atoms with Gasteiger partial charge in [0.05, 0.1) is 18.6 Å². The molecule has 0 bridgehead atoms. The van der Waals surface area contributed by atoms with Crippen molar-refractivity contribution in [3.63, 3.8) is 0 Å². The summed E-state index contributed by atoms with van der Waals surface area (Å²) >= 11 is 0. The zero-order valence-corrected chi connectivity index (χ0v) is 7.03. The highest BCUT2D eigenvalue weighted by molar-refractivity contribution is 5.74. The van der Waals surface area contributed by atoms with Crippen LogP contribution in [0, 0.1) is 11.8 Å². The largest absolute Gasteiger partial charge is 0.465 e. The predicted octanol–water partition coefficient (Wildman–Crippen LogP) is 0.711. The van der Waals surface area contributed by atoms with Crippen LogP contribution in [0.3, 0.4) is 0 Å². The molecule has 0 radical (unpaired) electrons. The van der Waals surface area contributed by atoms with Crippen LogP contribution >= 0.6 is 0 Å². The predicted molar refractivity (Wildman–Crippen MR) is 42.4 cm³/mol. The third kappa shape index (κ3) is 1.33. The van der Waals surface area contributed by atoms with Crippen molar-refractivity contribution in [2.45, 2.75) is 31.8 Å². The van der Waals surface area contributed by atoms with E-state index in [0.717, 1.165) is 25.7 Å². The maximum atomic E-state index is 11.2. The molecule has 3 atom stereocenters. The summed E-state index contributed by atoms with van der Waals surface area (Å²) in [5.74, 6) is 0.422. The summed E-state index contributed by atoms with van der Waals surface area (Å²) in [7, 11) is 0. The first-order valence-corrected chi connectivity index (χ1v) is 4.62. The Kier molecular flexibility index (Phi) is 2.05. The van der Waals surface area contributed by atoms with Crippen molar-refractivity contribution in [1.29, 1.82) is 0 Å². The van der Waals surface area contributed by atoms with E-state index in [0.29, 0.717) is 12.5 Å². The number of esters is 1. The van der Waals surface area contributed by atoms with Gasteiger partial charge in [-0.1, -0.05) is 0 Å². The van der Waals surface area contributed by atoms with Gasteiger partial charge < -0.3 is 9.84 Å². The van der Waals surface area contributed by atoms with Gasteiger partial charge in [-0.3, -0.25) is 4.79 Å².